The summed E-state index contributed by atoms with van der Waals surface area (Å²) in [6.45, 7) is 2.91. The van der Waals surface area contributed by atoms with Crippen molar-refractivity contribution in [1.29, 1.82) is 0 Å². The van der Waals surface area contributed by atoms with Gasteiger partial charge in [0.25, 0.3) is 0 Å². The van der Waals surface area contributed by atoms with Crippen molar-refractivity contribution in [1.82, 2.24) is 15.1 Å². The second kappa shape index (κ2) is 5.16. The average molecular weight is 296 g/mol. The largest absolute Gasteiger partial charge is 0.310 e. The fourth-order valence-corrected chi connectivity index (χ4v) is 2.41. The molecule has 5 heteroatoms. The fraction of sp³-hybridized carbons (Fsp3) is 0.357. The molecule has 3 nitrogen and oxygen atoms in total. The molecular weight excluding hydrogens is 281 g/mol. The van der Waals surface area contributed by atoms with Crippen LogP contribution < -0.4 is 5.32 Å². The molecule has 1 aromatic heterocycles. The van der Waals surface area contributed by atoms with E-state index in [1.807, 2.05) is 23.9 Å². The molecule has 0 atom stereocenters. The Hall–Kier alpha value is -1.03. The van der Waals surface area contributed by atoms with Crippen LogP contribution in [0.2, 0.25) is 10.0 Å². The lowest BCUT2D eigenvalue weighted by Gasteiger charge is -2.08. The van der Waals surface area contributed by atoms with Crippen molar-refractivity contribution in [3.63, 3.8) is 0 Å². The van der Waals surface area contributed by atoms with Gasteiger partial charge in [0.2, 0.25) is 0 Å². The minimum Gasteiger partial charge on any atom is -0.310 e. The molecule has 3 rings (SSSR count). The molecule has 0 saturated heterocycles. The van der Waals surface area contributed by atoms with E-state index in [0.717, 1.165) is 17.9 Å². The molecule has 0 unspecified atom stereocenters. The third-order valence-corrected chi connectivity index (χ3v) is 3.96. The molecule has 1 saturated carbocycles. The van der Waals surface area contributed by atoms with Gasteiger partial charge in [-0.3, -0.25) is 0 Å². The van der Waals surface area contributed by atoms with E-state index < -0.39 is 0 Å². The zero-order valence-corrected chi connectivity index (χ0v) is 12.2. The van der Waals surface area contributed by atoms with Crippen molar-refractivity contribution in [2.24, 2.45) is 0 Å². The summed E-state index contributed by atoms with van der Waals surface area (Å²) in [6.07, 6.45) is 4.46. The smallest absolute Gasteiger partial charge is 0.0849 e. The van der Waals surface area contributed by atoms with Crippen LogP contribution in [0, 0.1) is 6.92 Å². The predicted molar refractivity (Wildman–Crippen MR) is 78.2 cm³/mol. The van der Waals surface area contributed by atoms with Crippen molar-refractivity contribution in [3.8, 4) is 5.69 Å². The van der Waals surface area contributed by atoms with Gasteiger partial charge in [0.15, 0.2) is 0 Å². The highest BCUT2D eigenvalue weighted by molar-refractivity contribution is 6.34. The van der Waals surface area contributed by atoms with Crippen LogP contribution in [0.1, 0.15) is 24.1 Å². The molecule has 0 aliphatic heterocycles. The number of nitrogens with zero attached hydrogens (tertiary/aromatic N) is 2. The van der Waals surface area contributed by atoms with E-state index >= 15 is 0 Å². The van der Waals surface area contributed by atoms with E-state index in [2.05, 4.69) is 10.4 Å². The van der Waals surface area contributed by atoms with Crippen LogP contribution in [0.5, 0.6) is 0 Å². The summed E-state index contributed by atoms with van der Waals surface area (Å²) < 4.78 is 1.85. The van der Waals surface area contributed by atoms with Gasteiger partial charge in [0.1, 0.15) is 0 Å². The van der Waals surface area contributed by atoms with E-state index in [1.54, 1.807) is 12.1 Å². The third-order valence-electron chi connectivity index (χ3n) is 3.41. The number of halogens is 2. The number of aromatic nitrogens is 2. The number of hydrogen-bond acceptors (Lipinski definition) is 2. The third kappa shape index (κ3) is 2.78. The summed E-state index contributed by atoms with van der Waals surface area (Å²) >= 11 is 12.2. The number of nitrogens with one attached hydrogen (secondary N) is 1. The highest BCUT2D eigenvalue weighted by Crippen LogP contribution is 2.26. The topological polar surface area (TPSA) is 29.9 Å². The van der Waals surface area contributed by atoms with Gasteiger partial charge < -0.3 is 5.32 Å². The van der Waals surface area contributed by atoms with Crippen LogP contribution in [-0.2, 0) is 6.54 Å². The number of rotatable bonds is 4. The number of hydrogen-bond donors (Lipinski definition) is 1. The minimum absolute atomic E-state index is 0.650. The Morgan fingerprint density at radius 3 is 2.89 bits per heavy atom. The van der Waals surface area contributed by atoms with Crippen molar-refractivity contribution in [3.05, 3.63) is 45.7 Å². The summed E-state index contributed by atoms with van der Waals surface area (Å²) in [5, 5.41) is 9.22. The van der Waals surface area contributed by atoms with E-state index in [0.29, 0.717) is 16.1 Å². The molecule has 2 aromatic rings. The Bertz CT molecular complexity index is 603. The van der Waals surface area contributed by atoms with Crippen LogP contribution in [0.15, 0.2) is 24.4 Å². The second-order valence-corrected chi connectivity index (χ2v) is 5.76. The van der Waals surface area contributed by atoms with Gasteiger partial charge in [-0.15, -0.1) is 0 Å². The monoisotopic (exact) mass is 295 g/mol. The molecule has 0 bridgehead atoms. The standard InChI is InChI=1S/C14H15Cl2N3/c1-9-10(7-17-12-3-4-12)8-18-19(9)14-6-11(15)2-5-13(14)16/h2,5-6,8,12,17H,3-4,7H2,1H3. The van der Waals surface area contributed by atoms with Gasteiger partial charge >= 0.3 is 0 Å². The lowest BCUT2D eigenvalue weighted by Crippen LogP contribution is -2.15. The Morgan fingerprint density at radius 2 is 2.16 bits per heavy atom. The average Bonchev–Trinajstić information content (AvgIpc) is 3.15. The molecule has 100 valence electrons. The molecule has 1 aliphatic carbocycles. The van der Waals surface area contributed by atoms with Crippen molar-refractivity contribution in [2.45, 2.75) is 32.4 Å². The van der Waals surface area contributed by atoms with Gasteiger partial charge in [-0.05, 0) is 38.0 Å². The molecule has 1 aliphatic rings. The molecule has 0 amide bonds. The lowest BCUT2D eigenvalue weighted by molar-refractivity contribution is 0.684. The maximum absolute atomic E-state index is 6.21. The van der Waals surface area contributed by atoms with Gasteiger partial charge in [0, 0.05) is 28.9 Å². The molecule has 19 heavy (non-hydrogen) atoms. The molecule has 0 radical (unpaired) electrons. The minimum atomic E-state index is 0.650. The molecule has 1 fully saturated rings. The number of benzene rings is 1. The van der Waals surface area contributed by atoms with E-state index in [1.165, 1.54) is 18.4 Å². The fourth-order valence-electron chi connectivity index (χ4n) is 2.05. The molecule has 0 spiro atoms. The maximum atomic E-state index is 6.21. The maximum Gasteiger partial charge on any atom is 0.0849 e. The van der Waals surface area contributed by atoms with Gasteiger partial charge in [-0.2, -0.15) is 5.10 Å². The SMILES string of the molecule is Cc1c(CNC2CC2)cnn1-c1cc(Cl)ccc1Cl. The summed E-state index contributed by atoms with van der Waals surface area (Å²) in [5.41, 5.74) is 3.12. The molecule has 1 N–H and O–H groups in total. The Kier molecular flexibility index (Phi) is 3.52. The van der Waals surface area contributed by atoms with Crippen LogP contribution in [0.3, 0.4) is 0 Å². The highest BCUT2D eigenvalue weighted by Gasteiger charge is 2.21. The van der Waals surface area contributed by atoms with Crippen molar-refractivity contribution >= 4 is 23.2 Å². The first-order valence-corrected chi connectivity index (χ1v) is 7.13. The lowest BCUT2D eigenvalue weighted by atomic mass is 10.2. The Labute approximate surface area is 122 Å². The first-order valence-electron chi connectivity index (χ1n) is 6.37. The van der Waals surface area contributed by atoms with Gasteiger partial charge in [0.05, 0.1) is 16.9 Å². The zero-order chi connectivity index (χ0) is 13.4. The van der Waals surface area contributed by atoms with E-state index in [4.69, 9.17) is 23.2 Å². The Balaban J connectivity index is 1.89. The van der Waals surface area contributed by atoms with Crippen LogP contribution in [0.25, 0.3) is 5.69 Å². The van der Waals surface area contributed by atoms with Gasteiger partial charge in [-0.25, -0.2) is 4.68 Å². The molecule has 1 heterocycles. The van der Waals surface area contributed by atoms with Crippen LogP contribution in [-0.4, -0.2) is 15.8 Å². The zero-order valence-electron chi connectivity index (χ0n) is 10.7. The Morgan fingerprint density at radius 1 is 1.37 bits per heavy atom. The van der Waals surface area contributed by atoms with Crippen molar-refractivity contribution < 1.29 is 0 Å². The molecular formula is C14H15Cl2N3. The molecule has 1 aromatic carbocycles. The first kappa shape index (κ1) is 13.0. The summed E-state index contributed by atoms with van der Waals surface area (Å²) in [6, 6.07) is 6.10. The van der Waals surface area contributed by atoms with E-state index in [9.17, 15) is 0 Å². The van der Waals surface area contributed by atoms with Gasteiger partial charge in [-0.1, -0.05) is 23.2 Å². The normalized spacial score (nSPS) is 14.9. The van der Waals surface area contributed by atoms with Crippen molar-refractivity contribution in [2.75, 3.05) is 0 Å². The van der Waals surface area contributed by atoms with Crippen LogP contribution >= 0.6 is 23.2 Å². The second-order valence-electron chi connectivity index (χ2n) is 4.92. The highest BCUT2D eigenvalue weighted by atomic mass is 35.5. The van der Waals surface area contributed by atoms with Crippen LogP contribution in [0.4, 0.5) is 0 Å². The summed E-state index contributed by atoms with van der Waals surface area (Å²) in [4.78, 5) is 0. The quantitative estimate of drug-likeness (QED) is 0.931. The summed E-state index contributed by atoms with van der Waals surface area (Å²) in [5.74, 6) is 0. The summed E-state index contributed by atoms with van der Waals surface area (Å²) in [7, 11) is 0. The first-order chi connectivity index (χ1) is 9.15. The predicted octanol–water partition coefficient (Wildman–Crippen LogP) is 3.74. The van der Waals surface area contributed by atoms with E-state index in [-0.39, 0.29) is 0 Å².